The average Bonchev–Trinajstić information content (AvgIpc) is 2.16. The maximum absolute atomic E-state index is 5.81. The fourth-order valence-corrected chi connectivity index (χ4v) is 1.34. The molecule has 1 rings (SSSR count). The molecule has 0 aliphatic rings. The molecule has 0 atom stereocenters. The molecule has 1 aromatic rings. The highest BCUT2D eigenvalue weighted by molar-refractivity contribution is 6.30. The van der Waals surface area contributed by atoms with Gasteiger partial charge in [-0.15, -0.1) is 0 Å². The summed E-state index contributed by atoms with van der Waals surface area (Å²) >= 11 is 5.81. The molecule has 0 saturated carbocycles. The highest BCUT2D eigenvalue weighted by Crippen LogP contribution is 2.10. The van der Waals surface area contributed by atoms with Crippen molar-refractivity contribution in [2.45, 2.75) is 26.3 Å². The summed E-state index contributed by atoms with van der Waals surface area (Å²) in [6, 6.07) is 8.70. The Labute approximate surface area is 91.7 Å². The van der Waals surface area contributed by atoms with Crippen LogP contribution >= 0.6 is 11.6 Å². The summed E-state index contributed by atoms with van der Waals surface area (Å²) in [5.41, 5.74) is 1.35. The number of hydrogen-bond acceptors (Lipinski definition) is 1. The molecular formula is C12H18ClN. The van der Waals surface area contributed by atoms with Gasteiger partial charge in [0.1, 0.15) is 0 Å². The highest BCUT2D eigenvalue weighted by Gasteiger charge is 2.02. The van der Waals surface area contributed by atoms with Gasteiger partial charge in [0.05, 0.1) is 0 Å². The molecule has 0 saturated heterocycles. The SMILES string of the molecule is CC(C)N(C)CCc1ccc(Cl)cc1. The number of benzene rings is 1. The molecule has 0 radical (unpaired) electrons. The first-order valence-electron chi connectivity index (χ1n) is 5.04. The highest BCUT2D eigenvalue weighted by atomic mass is 35.5. The molecule has 0 amide bonds. The summed E-state index contributed by atoms with van der Waals surface area (Å²) in [4.78, 5) is 2.34. The van der Waals surface area contributed by atoms with Crippen LogP contribution in [0.3, 0.4) is 0 Å². The molecule has 78 valence electrons. The molecule has 0 unspecified atom stereocenters. The Bertz CT molecular complexity index is 266. The zero-order valence-corrected chi connectivity index (χ0v) is 9.88. The van der Waals surface area contributed by atoms with Crippen LogP contribution in [-0.4, -0.2) is 24.5 Å². The van der Waals surface area contributed by atoms with E-state index in [-0.39, 0.29) is 0 Å². The Morgan fingerprint density at radius 3 is 2.29 bits per heavy atom. The largest absolute Gasteiger partial charge is 0.304 e. The normalized spacial score (nSPS) is 11.3. The maximum atomic E-state index is 5.81. The van der Waals surface area contributed by atoms with Crippen LogP contribution < -0.4 is 0 Å². The van der Waals surface area contributed by atoms with Crippen LogP contribution in [0.1, 0.15) is 19.4 Å². The van der Waals surface area contributed by atoms with Gasteiger partial charge < -0.3 is 4.90 Å². The second kappa shape index (κ2) is 5.38. The minimum absolute atomic E-state index is 0.613. The van der Waals surface area contributed by atoms with Gasteiger partial charge in [-0.1, -0.05) is 23.7 Å². The molecule has 1 nitrogen and oxygen atoms in total. The Hall–Kier alpha value is -0.530. The number of nitrogens with zero attached hydrogens (tertiary/aromatic N) is 1. The third kappa shape index (κ3) is 3.69. The lowest BCUT2D eigenvalue weighted by atomic mass is 10.1. The van der Waals surface area contributed by atoms with Crippen molar-refractivity contribution in [3.8, 4) is 0 Å². The number of likely N-dealkylation sites (N-methyl/N-ethyl adjacent to an activating group) is 1. The zero-order valence-electron chi connectivity index (χ0n) is 9.13. The van der Waals surface area contributed by atoms with Crippen molar-refractivity contribution in [3.63, 3.8) is 0 Å². The van der Waals surface area contributed by atoms with E-state index in [2.05, 4.69) is 37.9 Å². The summed E-state index contributed by atoms with van der Waals surface area (Å²) in [6.45, 7) is 5.52. The van der Waals surface area contributed by atoms with Gasteiger partial charge in [0, 0.05) is 17.6 Å². The second-order valence-corrected chi connectivity index (χ2v) is 4.39. The molecule has 14 heavy (non-hydrogen) atoms. The Kier molecular flexibility index (Phi) is 4.43. The molecule has 0 N–H and O–H groups in total. The van der Waals surface area contributed by atoms with E-state index in [0.29, 0.717) is 6.04 Å². The lowest BCUT2D eigenvalue weighted by molar-refractivity contribution is 0.277. The lowest BCUT2D eigenvalue weighted by Gasteiger charge is -2.20. The lowest BCUT2D eigenvalue weighted by Crippen LogP contribution is -2.28. The van der Waals surface area contributed by atoms with Gasteiger partial charge in [0.2, 0.25) is 0 Å². The molecule has 0 aromatic heterocycles. The topological polar surface area (TPSA) is 3.24 Å². The predicted molar refractivity (Wildman–Crippen MR) is 62.9 cm³/mol. The van der Waals surface area contributed by atoms with Gasteiger partial charge in [-0.3, -0.25) is 0 Å². The van der Waals surface area contributed by atoms with Crippen molar-refractivity contribution >= 4 is 11.6 Å². The number of rotatable bonds is 4. The number of halogens is 1. The predicted octanol–water partition coefficient (Wildman–Crippen LogP) is 3.22. The van der Waals surface area contributed by atoms with Gasteiger partial charge in [-0.25, -0.2) is 0 Å². The molecule has 1 aromatic carbocycles. The quantitative estimate of drug-likeness (QED) is 0.739. The van der Waals surface area contributed by atoms with E-state index in [9.17, 15) is 0 Å². The van der Waals surface area contributed by atoms with E-state index in [0.717, 1.165) is 18.0 Å². The fraction of sp³-hybridized carbons (Fsp3) is 0.500. The van der Waals surface area contributed by atoms with Gasteiger partial charge in [0.25, 0.3) is 0 Å². The maximum Gasteiger partial charge on any atom is 0.0406 e. The van der Waals surface area contributed by atoms with E-state index in [1.807, 2.05) is 12.1 Å². The third-order valence-electron chi connectivity index (χ3n) is 2.55. The summed E-state index contributed by atoms with van der Waals surface area (Å²) in [6.07, 6.45) is 1.09. The third-order valence-corrected chi connectivity index (χ3v) is 2.80. The van der Waals surface area contributed by atoms with E-state index in [4.69, 9.17) is 11.6 Å². The molecule has 0 spiro atoms. The summed E-state index contributed by atoms with van der Waals surface area (Å²) in [7, 11) is 2.15. The minimum atomic E-state index is 0.613. The standard InChI is InChI=1S/C12H18ClN/c1-10(2)14(3)9-8-11-4-6-12(13)7-5-11/h4-7,10H,8-9H2,1-3H3. The van der Waals surface area contributed by atoms with Gasteiger partial charge >= 0.3 is 0 Å². The molecule has 0 heterocycles. The molecule has 0 aliphatic heterocycles. The molecule has 0 fully saturated rings. The summed E-state index contributed by atoms with van der Waals surface area (Å²) in [5.74, 6) is 0. The van der Waals surface area contributed by atoms with Crippen LogP contribution in [0.5, 0.6) is 0 Å². The van der Waals surface area contributed by atoms with Gasteiger partial charge in [0.15, 0.2) is 0 Å². The Morgan fingerprint density at radius 2 is 1.79 bits per heavy atom. The summed E-state index contributed by atoms with van der Waals surface area (Å²) in [5, 5.41) is 0.811. The summed E-state index contributed by atoms with van der Waals surface area (Å²) < 4.78 is 0. The first-order valence-corrected chi connectivity index (χ1v) is 5.42. The van der Waals surface area contributed by atoms with Gasteiger partial charge in [-0.2, -0.15) is 0 Å². The van der Waals surface area contributed by atoms with Crippen LogP contribution in [0, 0.1) is 0 Å². The van der Waals surface area contributed by atoms with Crippen molar-refractivity contribution < 1.29 is 0 Å². The minimum Gasteiger partial charge on any atom is -0.304 e. The van der Waals surface area contributed by atoms with Crippen LogP contribution in [-0.2, 0) is 6.42 Å². The molecular weight excluding hydrogens is 194 g/mol. The first-order chi connectivity index (χ1) is 6.59. The van der Waals surface area contributed by atoms with Crippen LogP contribution in [0.15, 0.2) is 24.3 Å². The van der Waals surface area contributed by atoms with E-state index < -0.39 is 0 Å². The Balaban J connectivity index is 2.42. The van der Waals surface area contributed by atoms with Crippen LogP contribution in [0.4, 0.5) is 0 Å². The van der Waals surface area contributed by atoms with Crippen molar-refractivity contribution in [1.82, 2.24) is 4.90 Å². The average molecular weight is 212 g/mol. The van der Waals surface area contributed by atoms with Gasteiger partial charge in [-0.05, 0) is 45.0 Å². The van der Waals surface area contributed by atoms with Crippen LogP contribution in [0.2, 0.25) is 5.02 Å². The molecule has 0 aliphatic carbocycles. The van der Waals surface area contributed by atoms with Crippen molar-refractivity contribution in [2.75, 3.05) is 13.6 Å². The van der Waals surface area contributed by atoms with E-state index in [1.54, 1.807) is 0 Å². The second-order valence-electron chi connectivity index (χ2n) is 3.95. The monoisotopic (exact) mass is 211 g/mol. The zero-order chi connectivity index (χ0) is 10.6. The molecule has 2 heteroatoms. The smallest absolute Gasteiger partial charge is 0.0406 e. The Morgan fingerprint density at radius 1 is 1.21 bits per heavy atom. The van der Waals surface area contributed by atoms with Crippen molar-refractivity contribution in [2.24, 2.45) is 0 Å². The van der Waals surface area contributed by atoms with E-state index in [1.165, 1.54) is 5.56 Å². The fourth-order valence-electron chi connectivity index (χ4n) is 1.21. The van der Waals surface area contributed by atoms with E-state index >= 15 is 0 Å². The van der Waals surface area contributed by atoms with Crippen molar-refractivity contribution in [3.05, 3.63) is 34.9 Å². The molecule has 0 bridgehead atoms. The number of hydrogen-bond donors (Lipinski definition) is 0. The first kappa shape index (κ1) is 11.5. The van der Waals surface area contributed by atoms with Crippen LogP contribution in [0.25, 0.3) is 0 Å². The van der Waals surface area contributed by atoms with Crippen molar-refractivity contribution in [1.29, 1.82) is 0 Å².